The van der Waals surface area contributed by atoms with Crippen LogP contribution in [-0.4, -0.2) is 27.7 Å². The molecule has 0 spiro atoms. The molecule has 0 unspecified atom stereocenters. The molecule has 0 saturated heterocycles. The maximum atomic E-state index is 11.8. The van der Waals surface area contributed by atoms with Crippen molar-refractivity contribution in [3.8, 4) is 5.75 Å². The summed E-state index contributed by atoms with van der Waals surface area (Å²) in [6, 6.07) is 9.02. The Kier molecular flexibility index (Phi) is 4.78. The molecule has 0 aliphatic carbocycles. The lowest BCUT2D eigenvalue weighted by molar-refractivity contribution is -0.268. The molecule has 2 rings (SSSR count). The number of aromatic carboxylic acids is 1. The van der Waals surface area contributed by atoms with Gasteiger partial charge in [-0.1, -0.05) is 29.6 Å². The topological polar surface area (TPSA) is 102 Å². The zero-order valence-corrected chi connectivity index (χ0v) is 11.6. The first kappa shape index (κ1) is 14.9. The number of amides is 1. The van der Waals surface area contributed by atoms with Gasteiger partial charge in [0, 0.05) is 11.9 Å². The Bertz CT molecular complexity index is 661. The largest absolute Gasteiger partial charge is 0.872 e. The molecule has 6 nitrogen and oxygen atoms in total. The number of carboxylic acid groups (broad SMARTS) is 1. The standard InChI is InChI=1S/C14H12N2O4S/c17-11-5-4-9(7-10(11)14(19)20)16-12(18)8-21-13-3-1-2-6-15-13/h1-7,17H,8H2,(H,16,18)(H,19,20)/p-1. The highest BCUT2D eigenvalue weighted by Crippen LogP contribution is 2.20. The van der Waals surface area contributed by atoms with Gasteiger partial charge in [-0.2, -0.15) is 0 Å². The molecule has 1 aromatic heterocycles. The molecule has 7 heteroatoms. The summed E-state index contributed by atoms with van der Waals surface area (Å²) in [4.78, 5) is 26.7. The Labute approximate surface area is 124 Å². The van der Waals surface area contributed by atoms with Crippen LogP contribution < -0.4 is 10.4 Å². The van der Waals surface area contributed by atoms with E-state index in [0.717, 1.165) is 12.1 Å². The molecule has 0 atom stereocenters. The second kappa shape index (κ2) is 6.76. The summed E-state index contributed by atoms with van der Waals surface area (Å²) < 4.78 is 0. The SMILES string of the molecule is O=C(CSc1ccccn1)Nc1ccc([O-])c(C(=O)O)c1. The lowest BCUT2D eigenvalue weighted by atomic mass is 10.2. The van der Waals surface area contributed by atoms with Crippen LogP contribution in [0.2, 0.25) is 0 Å². The molecule has 0 fully saturated rings. The number of carboxylic acids is 1. The molecule has 0 aliphatic rings. The van der Waals surface area contributed by atoms with Crippen LogP contribution in [0.25, 0.3) is 0 Å². The van der Waals surface area contributed by atoms with Crippen LogP contribution in [0.4, 0.5) is 5.69 Å². The second-order valence-electron chi connectivity index (χ2n) is 4.02. The molecule has 0 radical (unpaired) electrons. The summed E-state index contributed by atoms with van der Waals surface area (Å²) in [6.07, 6.45) is 1.63. The van der Waals surface area contributed by atoms with Crippen LogP contribution in [0, 0.1) is 0 Å². The number of nitrogens with one attached hydrogen (secondary N) is 1. The molecule has 108 valence electrons. The summed E-state index contributed by atoms with van der Waals surface area (Å²) in [7, 11) is 0. The van der Waals surface area contributed by atoms with Crippen molar-refractivity contribution in [3.05, 3.63) is 48.2 Å². The maximum absolute atomic E-state index is 11.8. The third-order valence-electron chi connectivity index (χ3n) is 2.48. The molecule has 2 aromatic rings. The molecule has 1 amide bonds. The Morgan fingerprint density at radius 3 is 2.76 bits per heavy atom. The van der Waals surface area contributed by atoms with E-state index in [2.05, 4.69) is 10.3 Å². The summed E-state index contributed by atoms with van der Waals surface area (Å²) in [5.41, 5.74) is -0.0937. The number of hydrogen-bond donors (Lipinski definition) is 2. The van der Waals surface area contributed by atoms with Crippen LogP contribution in [-0.2, 0) is 4.79 Å². The van der Waals surface area contributed by atoms with Crippen molar-refractivity contribution in [3.63, 3.8) is 0 Å². The van der Waals surface area contributed by atoms with E-state index in [4.69, 9.17) is 5.11 Å². The van der Waals surface area contributed by atoms with Crippen molar-refractivity contribution in [1.29, 1.82) is 0 Å². The molecule has 2 N–H and O–H groups in total. The third kappa shape index (κ3) is 4.22. The Hall–Kier alpha value is -2.54. The maximum Gasteiger partial charge on any atom is 0.335 e. The quantitative estimate of drug-likeness (QED) is 0.813. The first-order valence-corrected chi connectivity index (χ1v) is 6.93. The van der Waals surface area contributed by atoms with Crippen molar-refractivity contribution in [2.75, 3.05) is 11.1 Å². The number of pyridine rings is 1. The molecular weight excluding hydrogens is 292 g/mol. The van der Waals surface area contributed by atoms with Gasteiger partial charge in [-0.25, -0.2) is 9.78 Å². The number of aromatic nitrogens is 1. The lowest BCUT2D eigenvalue weighted by Crippen LogP contribution is -2.15. The fraction of sp³-hybridized carbons (Fsp3) is 0.0714. The average molecular weight is 303 g/mol. The highest BCUT2D eigenvalue weighted by molar-refractivity contribution is 7.99. The van der Waals surface area contributed by atoms with Crippen LogP contribution in [0.15, 0.2) is 47.6 Å². The van der Waals surface area contributed by atoms with Gasteiger partial charge in [0.25, 0.3) is 0 Å². The highest BCUT2D eigenvalue weighted by atomic mass is 32.2. The number of thioether (sulfide) groups is 1. The zero-order chi connectivity index (χ0) is 15.2. The van der Waals surface area contributed by atoms with Crippen molar-refractivity contribution in [2.45, 2.75) is 5.03 Å². The van der Waals surface area contributed by atoms with Crippen LogP contribution in [0.5, 0.6) is 5.75 Å². The van der Waals surface area contributed by atoms with Gasteiger partial charge in [-0.3, -0.25) is 4.79 Å². The Morgan fingerprint density at radius 2 is 2.10 bits per heavy atom. The minimum Gasteiger partial charge on any atom is -0.872 e. The fourth-order valence-corrected chi connectivity index (χ4v) is 2.21. The van der Waals surface area contributed by atoms with Crippen molar-refractivity contribution in [2.24, 2.45) is 0 Å². The van der Waals surface area contributed by atoms with Gasteiger partial charge in [0.15, 0.2) is 0 Å². The van der Waals surface area contributed by atoms with E-state index in [1.807, 2.05) is 6.07 Å². The summed E-state index contributed by atoms with van der Waals surface area (Å²) in [5.74, 6) is -2.08. The zero-order valence-electron chi connectivity index (χ0n) is 10.8. The summed E-state index contributed by atoms with van der Waals surface area (Å²) in [5, 5.41) is 23.4. The smallest absolute Gasteiger partial charge is 0.335 e. The molecule has 21 heavy (non-hydrogen) atoms. The minimum absolute atomic E-state index is 0.137. The van der Waals surface area contributed by atoms with Crippen LogP contribution in [0.3, 0.4) is 0 Å². The van der Waals surface area contributed by atoms with E-state index in [1.165, 1.54) is 17.8 Å². The predicted octanol–water partition coefficient (Wildman–Crippen LogP) is 1.58. The summed E-state index contributed by atoms with van der Waals surface area (Å²) in [6.45, 7) is 0. The van der Waals surface area contributed by atoms with Crippen molar-refractivity contribution < 1.29 is 19.8 Å². The average Bonchev–Trinajstić information content (AvgIpc) is 2.48. The molecule has 0 bridgehead atoms. The Balaban J connectivity index is 1.97. The van der Waals surface area contributed by atoms with E-state index in [1.54, 1.807) is 18.3 Å². The van der Waals surface area contributed by atoms with Gasteiger partial charge in [-0.05, 0) is 24.3 Å². The van der Waals surface area contributed by atoms with Gasteiger partial charge in [0.2, 0.25) is 5.91 Å². The molecule has 1 aromatic carbocycles. The van der Waals surface area contributed by atoms with Gasteiger partial charge >= 0.3 is 5.97 Å². The first-order chi connectivity index (χ1) is 10.1. The second-order valence-corrected chi connectivity index (χ2v) is 5.02. The number of rotatable bonds is 5. The highest BCUT2D eigenvalue weighted by Gasteiger charge is 2.08. The molecule has 1 heterocycles. The van der Waals surface area contributed by atoms with E-state index < -0.39 is 11.7 Å². The van der Waals surface area contributed by atoms with Gasteiger partial charge < -0.3 is 15.5 Å². The van der Waals surface area contributed by atoms with Crippen molar-refractivity contribution >= 4 is 29.3 Å². The number of nitrogens with zero attached hydrogens (tertiary/aromatic N) is 1. The predicted molar refractivity (Wildman–Crippen MR) is 76.4 cm³/mol. The lowest BCUT2D eigenvalue weighted by Gasteiger charge is -2.12. The van der Waals surface area contributed by atoms with Crippen LogP contribution >= 0.6 is 11.8 Å². The number of carbonyl (C=O) groups is 2. The van der Waals surface area contributed by atoms with Gasteiger partial charge in [-0.15, -0.1) is 0 Å². The van der Waals surface area contributed by atoms with E-state index in [-0.39, 0.29) is 22.9 Å². The van der Waals surface area contributed by atoms with E-state index in [0.29, 0.717) is 5.03 Å². The summed E-state index contributed by atoms with van der Waals surface area (Å²) >= 11 is 1.26. The fourth-order valence-electron chi connectivity index (χ4n) is 1.54. The molecular formula is C14H11N2O4S-. The third-order valence-corrected chi connectivity index (χ3v) is 3.43. The van der Waals surface area contributed by atoms with Crippen LogP contribution in [0.1, 0.15) is 10.4 Å². The van der Waals surface area contributed by atoms with Gasteiger partial charge in [0.05, 0.1) is 16.3 Å². The number of anilines is 1. The Morgan fingerprint density at radius 1 is 1.29 bits per heavy atom. The number of hydrogen-bond acceptors (Lipinski definition) is 5. The van der Waals surface area contributed by atoms with Crippen molar-refractivity contribution in [1.82, 2.24) is 4.98 Å². The van der Waals surface area contributed by atoms with Gasteiger partial charge in [0.1, 0.15) is 0 Å². The molecule has 0 aliphatic heterocycles. The van der Waals surface area contributed by atoms with E-state index in [9.17, 15) is 14.7 Å². The normalized spacial score (nSPS) is 10.1. The van der Waals surface area contributed by atoms with E-state index >= 15 is 0 Å². The number of benzene rings is 1. The minimum atomic E-state index is -1.32. The first-order valence-electron chi connectivity index (χ1n) is 5.94. The number of carbonyl (C=O) groups excluding carboxylic acids is 1. The molecule has 0 saturated carbocycles. The monoisotopic (exact) mass is 303 g/mol.